The number of aliphatic imine (C=N–C) groups is 1. The van der Waals surface area contributed by atoms with E-state index in [2.05, 4.69) is 4.99 Å². The summed E-state index contributed by atoms with van der Waals surface area (Å²) in [5.74, 6) is 1.99. The van der Waals surface area contributed by atoms with E-state index in [0.717, 1.165) is 38.6 Å². The summed E-state index contributed by atoms with van der Waals surface area (Å²) in [6, 6.07) is 17.1. The molecule has 0 aliphatic carbocycles. The lowest BCUT2D eigenvalue weighted by molar-refractivity contribution is 0.324. The summed E-state index contributed by atoms with van der Waals surface area (Å²) in [5.41, 5.74) is 3.46. The fraction of sp³-hybridized carbons (Fsp3) is 0.179. The van der Waals surface area contributed by atoms with E-state index in [9.17, 15) is 9.90 Å². The Hall–Kier alpha value is -4.37. The normalized spacial score (nSPS) is 12.6. The SMILES string of the molecule is COc1cc(C2=Nc3c/c(=C/c4sc(=O)n(Cc5cccc(C)c5)c4O)ccc3=N2)cc(OC)c1OC. The van der Waals surface area contributed by atoms with Crippen molar-refractivity contribution in [2.45, 2.75) is 13.5 Å². The van der Waals surface area contributed by atoms with Crippen molar-refractivity contribution in [1.29, 1.82) is 0 Å². The fourth-order valence-corrected chi connectivity index (χ4v) is 5.04. The topological polar surface area (TPSA) is 94.6 Å². The molecule has 2 heterocycles. The molecule has 0 amide bonds. The molecule has 4 aromatic rings. The number of fused-ring (bicyclic) bond motifs is 1. The number of methoxy groups -OCH3 is 3. The summed E-state index contributed by atoms with van der Waals surface area (Å²) in [6.07, 6.45) is 1.78. The molecule has 0 saturated carbocycles. The lowest BCUT2D eigenvalue weighted by Crippen LogP contribution is -2.13. The minimum absolute atomic E-state index is 0.0525. The number of aromatic nitrogens is 1. The third-order valence-corrected chi connectivity index (χ3v) is 6.91. The van der Waals surface area contributed by atoms with Crippen LogP contribution >= 0.6 is 11.3 Å². The number of ether oxygens (including phenoxy) is 3. The number of hydrogen-bond acceptors (Lipinski definition) is 8. The Bertz CT molecular complexity index is 1690. The van der Waals surface area contributed by atoms with E-state index in [4.69, 9.17) is 19.2 Å². The maximum absolute atomic E-state index is 12.6. The van der Waals surface area contributed by atoms with Gasteiger partial charge in [0.25, 0.3) is 0 Å². The number of aryl methyl sites for hydroxylation is 1. The molecule has 0 fully saturated rings. The average molecular weight is 516 g/mol. The van der Waals surface area contributed by atoms with E-state index < -0.39 is 0 Å². The number of rotatable bonds is 7. The molecule has 0 spiro atoms. The third-order valence-electron chi connectivity index (χ3n) is 5.99. The van der Waals surface area contributed by atoms with Crippen molar-refractivity contribution in [3.8, 4) is 23.1 Å². The molecular formula is C28H25N3O5S. The van der Waals surface area contributed by atoms with E-state index in [-0.39, 0.29) is 10.8 Å². The fourth-order valence-electron chi connectivity index (χ4n) is 4.20. The minimum Gasteiger partial charge on any atom is -0.493 e. The molecule has 0 atom stereocenters. The van der Waals surface area contributed by atoms with Gasteiger partial charge < -0.3 is 19.3 Å². The first-order valence-corrected chi connectivity index (χ1v) is 12.3. The van der Waals surface area contributed by atoms with E-state index in [0.29, 0.717) is 40.2 Å². The number of nitrogens with zero attached hydrogens (tertiary/aromatic N) is 3. The van der Waals surface area contributed by atoms with Crippen LogP contribution in [0.15, 0.2) is 69.4 Å². The van der Waals surface area contributed by atoms with Crippen LogP contribution in [-0.2, 0) is 6.54 Å². The number of aromatic hydroxyl groups is 1. The first-order chi connectivity index (χ1) is 17.9. The Balaban J connectivity index is 1.48. The molecule has 0 unspecified atom stereocenters. The summed E-state index contributed by atoms with van der Waals surface area (Å²) in [7, 11) is 4.67. The Morgan fingerprint density at radius 2 is 1.73 bits per heavy atom. The van der Waals surface area contributed by atoms with Crippen LogP contribution < -0.4 is 29.7 Å². The Kier molecular flexibility index (Phi) is 6.54. The zero-order valence-corrected chi connectivity index (χ0v) is 21.6. The highest BCUT2D eigenvalue weighted by atomic mass is 32.1. The van der Waals surface area contributed by atoms with Crippen molar-refractivity contribution in [3.63, 3.8) is 0 Å². The highest BCUT2D eigenvalue weighted by molar-refractivity contribution is 7.10. The summed E-state index contributed by atoms with van der Waals surface area (Å²) in [6.45, 7) is 2.30. The summed E-state index contributed by atoms with van der Waals surface area (Å²) < 4.78 is 17.7. The lowest BCUT2D eigenvalue weighted by Gasteiger charge is -2.13. The van der Waals surface area contributed by atoms with Crippen LogP contribution in [0.25, 0.3) is 6.08 Å². The van der Waals surface area contributed by atoms with Gasteiger partial charge in [-0.15, -0.1) is 0 Å². The average Bonchev–Trinajstić information content (AvgIpc) is 3.44. The molecule has 9 heteroatoms. The zero-order valence-electron chi connectivity index (χ0n) is 20.8. The van der Waals surface area contributed by atoms with Gasteiger partial charge in [-0.25, -0.2) is 9.98 Å². The van der Waals surface area contributed by atoms with Gasteiger partial charge in [0.05, 0.1) is 43.8 Å². The smallest absolute Gasteiger partial charge is 0.310 e. The molecule has 1 N–H and O–H groups in total. The molecule has 37 heavy (non-hydrogen) atoms. The number of benzene rings is 3. The zero-order chi connectivity index (χ0) is 26.1. The second-order valence-corrected chi connectivity index (χ2v) is 9.48. The van der Waals surface area contributed by atoms with Crippen LogP contribution in [0.5, 0.6) is 23.1 Å². The first-order valence-electron chi connectivity index (χ1n) is 11.5. The van der Waals surface area contributed by atoms with Gasteiger partial charge in [-0.3, -0.25) is 9.36 Å². The monoisotopic (exact) mass is 515 g/mol. The standard InChI is InChI=1S/C28H25N3O5S/c1-16-6-5-7-18(10-16)15-31-27(32)24(37-28(31)33)12-17-8-9-20-21(11-17)30-26(29-20)19-13-22(34-2)25(36-4)23(14-19)35-3/h5-14,32H,15H2,1-4H3/b17-12+. The van der Waals surface area contributed by atoms with E-state index in [1.54, 1.807) is 39.5 Å². The van der Waals surface area contributed by atoms with E-state index in [1.165, 1.54) is 4.57 Å². The van der Waals surface area contributed by atoms with Gasteiger partial charge in [0, 0.05) is 5.56 Å². The van der Waals surface area contributed by atoms with Crippen molar-refractivity contribution in [2.24, 2.45) is 9.98 Å². The molecule has 1 aliphatic rings. The molecular weight excluding hydrogens is 490 g/mol. The van der Waals surface area contributed by atoms with Crippen LogP contribution in [0.3, 0.4) is 0 Å². The van der Waals surface area contributed by atoms with Crippen molar-refractivity contribution in [1.82, 2.24) is 4.57 Å². The number of thiazole rings is 1. The predicted molar refractivity (Wildman–Crippen MR) is 144 cm³/mol. The molecule has 1 aliphatic heterocycles. The van der Waals surface area contributed by atoms with Gasteiger partial charge in [-0.05, 0) is 48.0 Å². The first kappa shape index (κ1) is 24.3. The Labute approximate surface area is 217 Å². The third kappa shape index (κ3) is 4.73. The van der Waals surface area contributed by atoms with Crippen molar-refractivity contribution < 1.29 is 19.3 Å². The van der Waals surface area contributed by atoms with Gasteiger partial charge in [0.2, 0.25) is 11.6 Å². The molecule has 0 saturated heterocycles. The van der Waals surface area contributed by atoms with Crippen molar-refractivity contribution in [3.05, 3.63) is 96.4 Å². The molecule has 1 aromatic heterocycles. The van der Waals surface area contributed by atoms with Crippen LogP contribution in [0.1, 0.15) is 21.6 Å². The molecule has 5 rings (SSSR count). The Morgan fingerprint density at radius 1 is 0.973 bits per heavy atom. The molecule has 188 valence electrons. The largest absolute Gasteiger partial charge is 0.493 e. The summed E-state index contributed by atoms with van der Waals surface area (Å²) in [5, 5.41) is 12.3. The minimum atomic E-state index is -0.218. The lowest BCUT2D eigenvalue weighted by atomic mass is 10.1. The van der Waals surface area contributed by atoms with Crippen LogP contribution in [0.2, 0.25) is 0 Å². The van der Waals surface area contributed by atoms with Crippen LogP contribution in [0.4, 0.5) is 5.69 Å². The molecule has 3 aromatic carbocycles. The Morgan fingerprint density at radius 3 is 2.41 bits per heavy atom. The van der Waals surface area contributed by atoms with Gasteiger partial charge >= 0.3 is 4.87 Å². The molecule has 8 nitrogen and oxygen atoms in total. The predicted octanol–water partition coefficient (Wildman–Crippen LogP) is 3.54. The number of hydrogen-bond donors (Lipinski definition) is 1. The highest BCUT2D eigenvalue weighted by Gasteiger charge is 2.18. The van der Waals surface area contributed by atoms with Gasteiger partial charge in [0.15, 0.2) is 17.3 Å². The van der Waals surface area contributed by atoms with Crippen LogP contribution in [-0.4, -0.2) is 36.8 Å². The van der Waals surface area contributed by atoms with Gasteiger partial charge in [-0.1, -0.05) is 47.2 Å². The number of amidine groups is 1. The quantitative estimate of drug-likeness (QED) is 0.406. The van der Waals surface area contributed by atoms with Gasteiger partial charge in [-0.2, -0.15) is 0 Å². The molecule has 0 bridgehead atoms. The van der Waals surface area contributed by atoms with Crippen LogP contribution in [0, 0.1) is 6.92 Å². The molecule has 0 radical (unpaired) electrons. The summed E-state index contributed by atoms with van der Waals surface area (Å²) >= 11 is 1.00. The maximum Gasteiger partial charge on any atom is 0.310 e. The van der Waals surface area contributed by atoms with Crippen molar-refractivity contribution >= 4 is 28.9 Å². The second kappa shape index (κ2) is 9.94. The van der Waals surface area contributed by atoms with E-state index in [1.807, 2.05) is 49.4 Å². The maximum atomic E-state index is 12.6. The van der Waals surface area contributed by atoms with Gasteiger partial charge in [0.1, 0.15) is 0 Å². The van der Waals surface area contributed by atoms with Crippen molar-refractivity contribution in [2.75, 3.05) is 21.3 Å². The second-order valence-electron chi connectivity index (χ2n) is 8.48. The summed E-state index contributed by atoms with van der Waals surface area (Å²) in [4.78, 5) is 22.2. The van der Waals surface area contributed by atoms with E-state index >= 15 is 0 Å². The highest BCUT2D eigenvalue weighted by Crippen LogP contribution is 2.38.